The third-order valence-electron chi connectivity index (χ3n) is 6.11. The van der Waals surface area contributed by atoms with E-state index < -0.39 is 6.10 Å². The number of nitrogens with zero attached hydrogens (tertiary/aromatic N) is 3. The minimum atomic E-state index is -0.658. The van der Waals surface area contributed by atoms with E-state index >= 15 is 0 Å². The summed E-state index contributed by atoms with van der Waals surface area (Å²) in [5, 5.41) is 3.18. The van der Waals surface area contributed by atoms with Crippen LogP contribution in [0.1, 0.15) is 57.3 Å². The van der Waals surface area contributed by atoms with Gasteiger partial charge in [-0.05, 0) is 50.2 Å². The SMILES string of the molecule is COc1ccccc1O[C@@H](C)C(=O)N[C@@H]1CC(C)(C)Cc2nc(N3CCCC3)ncc21. The van der Waals surface area contributed by atoms with Crippen LogP contribution >= 0.6 is 0 Å². The summed E-state index contributed by atoms with van der Waals surface area (Å²) in [7, 11) is 1.59. The van der Waals surface area contributed by atoms with Crippen molar-refractivity contribution in [2.45, 2.75) is 58.6 Å². The number of methoxy groups -OCH3 is 1. The number of anilines is 1. The second-order valence-corrected chi connectivity index (χ2v) is 9.28. The number of fused-ring (bicyclic) bond motifs is 1. The van der Waals surface area contributed by atoms with Crippen molar-refractivity contribution < 1.29 is 14.3 Å². The van der Waals surface area contributed by atoms with Gasteiger partial charge in [-0.3, -0.25) is 4.79 Å². The van der Waals surface area contributed by atoms with Gasteiger partial charge >= 0.3 is 0 Å². The van der Waals surface area contributed by atoms with Crippen molar-refractivity contribution in [3.63, 3.8) is 0 Å². The molecule has 1 aliphatic carbocycles. The fourth-order valence-electron chi connectivity index (χ4n) is 4.48. The summed E-state index contributed by atoms with van der Waals surface area (Å²) in [5.41, 5.74) is 2.09. The average molecular weight is 425 g/mol. The van der Waals surface area contributed by atoms with Gasteiger partial charge in [0.1, 0.15) is 0 Å². The van der Waals surface area contributed by atoms with E-state index in [4.69, 9.17) is 14.5 Å². The molecule has 1 aromatic carbocycles. The van der Waals surface area contributed by atoms with Gasteiger partial charge in [0.2, 0.25) is 5.95 Å². The van der Waals surface area contributed by atoms with Crippen LogP contribution in [0, 0.1) is 5.41 Å². The zero-order valence-electron chi connectivity index (χ0n) is 18.9. The fourth-order valence-corrected chi connectivity index (χ4v) is 4.48. The Morgan fingerprint density at radius 2 is 1.94 bits per heavy atom. The second kappa shape index (κ2) is 8.73. The highest BCUT2D eigenvalue weighted by atomic mass is 16.5. The lowest BCUT2D eigenvalue weighted by atomic mass is 9.74. The van der Waals surface area contributed by atoms with Gasteiger partial charge in [0.15, 0.2) is 17.6 Å². The molecule has 7 heteroatoms. The van der Waals surface area contributed by atoms with E-state index in [9.17, 15) is 4.79 Å². The molecule has 1 N–H and O–H groups in total. The molecule has 0 radical (unpaired) electrons. The molecule has 4 rings (SSSR count). The number of hydrogen-bond acceptors (Lipinski definition) is 6. The Labute approximate surface area is 184 Å². The van der Waals surface area contributed by atoms with E-state index in [1.54, 1.807) is 20.1 Å². The molecule has 0 bridgehead atoms. The molecular weight excluding hydrogens is 392 g/mol. The quantitative estimate of drug-likeness (QED) is 0.762. The van der Waals surface area contributed by atoms with E-state index in [0.29, 0.717) is 11.5 Å². The molecule has 2 aliphatic rings. The van der Waals surface area contributed by atoms with Crippen molar-refractivity contribution in [3.8, 4) is 11.5 Å². The van der Waals surface area contributed by atoms with Crippen LogP contribution < -0.4 is 19.7 Å². The molecular formula is C24H32N4O3. The summed E-state index contributed by atoms with van der Waals surface area (Å²) >= 11 is 0. The summed E-state index contributed by atoms with van der Waals surface area (Å²) in [6, 6.07) is 7.21. The summed E-state index contributed by atoms with van der Waals surface area (Å²) in [6.45, 7) is 8.23. The molecule has 1 saturated heterocycles. The maximum atomic E-state index is 13.0. The van der Waals surface area contributed by atoms with Crippen LogP contribution in [0.25, 0.3) is 0 Å². The van der Waals surface area contributed by atoms with Gasteiger partial charge in [0, 0.05) is 24.8 Å². The van der Waals surface area contributed by atoms with E-state index in [1.807, 2.05) is 24.4 Å². The number of nitrogens with one attached hydrogen (secondary N) is 1. The molecule has 7 nitrogen and oxygen atoms in total. The number of carbonyl (C=O) groups is 1. The highest BCUT2D eigenvalue weighted by Gasteiger charge is 2.35. The number of rotatable bonds is 6. The van der Waals surface area contributed by atoms with Crippen molar-refractivity contribution in [1.29, 1.82) is 0 Å². The average Bonchev–Trinajstić information content (AvgIpc) is 3.27. The first-order valence-corrected chi connectivity index (χ1v) is 11.1. The Hall–Kier alpha value is -2.83. The monoisotopic (exact) mass is 424 g/mol. The topological polar surface area (TPSA) is 76.6 Å². The highest BCUT2D eigenvalue weighted by Crippen LogP contribution is 2.40. The van der Waals surface area contributed by atoms with Crippen molar-refractivity contribution >= 4 is 11.9 Å². The van der Waals surface area contributed by atoms with Gasteiger partial charge in [0.05, 0.1) is 18.8 Å². The first kappa shape index (κ1) is 21.4. The molecule has 1 amide bonds. The van der Waals surface area contributed by atoms with E-state index in [1.165, 1.54) is 12.8 Å². The van der Waals surface area contributed by atoms with Crippen LogP contribution in [0.4, 0.5) is 5.95 Å². The molecule has 0 unspecified atom stereocenters. The van der Waals surface area contributed by atoms with Crippen LogP contribution in [-0.2, 0) is 11.2 Å². The summed E-state index contributed by atoms with van der Waals surface area (Å²) in [6.07, 6.45) is 5.34. The van der Waals surface area contributed by atoms with Gasteiger partial charge in [-0.2, -0.15) is 0 Å². The van der Waals surface area contributed by atoms with E-state index in [-0.39, 0.29) is 17.4 Å². The molecule has 1 aliphatic heterocycles. The summed E-state index contributed by atoms with van der Waals surface area (Å²) in [5.74, 6) is 1.81. The van der Waals surface area contributed by atoms with Crippen LogP contribution in [0.3, 0.4) is 0 Å². The van der Waals surface area contributed by atoms with Crippen molar-refractivity contribution in [2.75, 3.05) is 25.1 Å². The lowest BCUT2D eigenvalue weighted by molar-refractivity contribution is -0.128. The van der Waals surface area contributed by atoms with E-state index in [0.717, 1.165) is 43.1 Å². The summed E-state index contributed by atoms with van der Waals surface area (Å²) < 4.78 is 11.2. The Morgan fingerprint density at radius 3 is 2.65 bits per heavy atom. The maximum absolute atomic E-state index is 13.0. The predicted molar refractivity (Wildman–Crippen MR) is 120 cm³/mol. The minimum absolute atomic E-state index is 0.0360. The third-order valence-corrected chi connectivity index (χ3v) is 6.11. The molecule has 1 fully saturated rings. The first-order valence-electron chi connectivity index (χ1n) is 11.1. The summed E-state index contributed by atoms with van der Waals surface area (Å²) in [4.78, 5) is 24.8. The van der Waals surface area contributed by atoms with Crippen molar-refractivity contribution in [2.24, 2.45) is 5.41 Å². The van der Waals surface area contributed by atoms with Crippen molar-refractivity contribution in [1.82, 2.24) is 15.3 Å². The van der Waals surface area contributed by atoms with Gasteiger partial charge in [-0.15, -0.1) is 0 Å². The third kappa shape index (κ3) is 4.75. The normalized spacial score (nSPS) is 20.6. The molecule has 2 atom stereocenters. The molecule has 1 aromatic heterocycles. The molecule has 2 heterocycles. The smallest absolute Gasteiger partial charge is 0.261 e. The second-order valence-electron chi connectivity index (χ2n) is 9.28. The van der Waals surface area contributed by atoms with Crippen LogP contribution in [0.5, 0.6) is 11.5 Å². The van der Waals surface area contributed by atoms with Gasteiger partial charge < -0.3 is 19.7 Å². The zero-order chi connectivity index (χ0) is 22.0. The Morgan fingerprint density at radius 1 is 1.23 bits per heavy atom. The lowest BCUT2D eigenvalue weighted by Gasteiger charge is -2.37. The van der Waals surface area contributed by atoms with E-state index in [2.05, 4.69) is 29.0 Å². The number of benzene rings is 1. The molecule has 31 heavy (non-hydrogen) atoms. The maximum Gasteiger partial charge on any atom is 0.261 e. The largest absolute Gasteiger partial charge is 0.493 e. The molecule has 0 spiro atoms. The molecule has 166 valence electrons. The predicted octanol–water partition coefficient (Wildman–Crippen LogP) is 3.68. The van der Waals surface area contributed by atoms with Crippen molar-refractivity contribution in [3.05, 3.63) is 41.7 Å². The van der Waals surface area contributed by atoms with Gasteiger partial charge in [0.25, 0.3) is 5.91 Å². The van der Waals surface area contributed by atoms with Gasteiger partial charge in [-0.1, -0.05) is 26.0 Å². The van der Waals surface area contributed by atoms with Gasteiger partial charge in [-0.25, -0.2) is 9.97 Å². The first-order chi connectivity index (χ1) is 14.9. The highest BCUT2D eigenvalue weighted by molar-refractivity contribution is 5.81. The Bertz CT molecular complexity index is 940. The number of carbonyl (C=O) groups excluding carboxylic acids is 1. The standard InChI is InChI=1S/C24H32N4O3/c1-16(31-21-10-6-5-9-20(21)30-4)22(29)26-18-13-24(2,3)14-19-17(18)15-25-23(27-19)28-11-7-8-12-28/h5-6,9-10,15-16,18H,7-8,11-14H2,1-4H3,(H,26,29)/t16-,18+/m0/s1. The number of ether oxygens (including phenoxy) is 2. The molecule has 2 aromatic rings. The fraction of sp³-hybridized carbons (Fsp3) is 0.542. The lowest BCUT2D eigenvalue weighted by Crippen LogP contribution is -2.42. The molecule has 0 saturated carbocycles. The Balaban J connectivity index is 1.50. The minimum Gasteiger partial charge on any atom is -0.493 e. The zero-order valence-corrected chi connectivity index (χ0v) is 18.9. The van der Waals surface area contributed by atoms with Crippen LogP contribution in [-0.4, -0.2) is 42.2 Å². The number of para-hydroxylation sites is 2. The Kier molecular flexibility index (Phi) is 6.03. The number of aromatic nitrogens is 2. The van der Waals surface area contributed by atoms with Crippen LogP contribution in [0.15, 0.2) is 30.5 Å². The van der Waals surface area contributed by atoms with Crippen LogP contribution in [0.2, 0.25) is 0 Å². The number of hydrogen-bond donors (Lipinski definition) is 1. The number of amides is 1.